The van der Waals surface area contributed by atoms with E-state index < -0.39 is 16.6 Å². The van der Waals surface area contributed by atoms with Crippen LogP contribution in [0.2, 0.25) is 4.71 Å². The third-order valence-corrected chi connectivity index (χ3v) is 5.35. The van der Waals surface area contributed by atoms with Crippen LogP contribution in [0.1, 0.15) is 51.0 Å². The summed E-state index contributed by atoms with van der Waals surface area (Å²) in [6.45, 7) is 2.18. The average Bonchev–Trinajstić information content (AvgIpc) is 3.07. The molecule has 0 aliphatic heterocycles. The molecule has 1 atom stereocenters. The molecule has 2 radical (unpaired) electrons. The van der Waals surface area contributed by atoms with E-state index in [2.05, 4.69) is 28.8 Å². The molecule has 2 rings (SSSR count). The van der Waals surface area contributed by atoms with Gasteiger partial charge in [-0.2, -0.15) is 0 Å². The SMILES string of the molecule is CCCCCCCCOC(=O)COC(=O)C([As])Cc1c[nH]c2ccc(O)cc12. The van der Waals surface area contributed by atoms with Crippen molar-refractivity contribution in [3.05, 3.63) is 30.0 Å². The minimum absolute atomic E-state index is 0.172. The van der Waals surface area contributed by atoms with Gasteiger partial charge < -0.3 is 0 Å². The number of hydrogen-bond acceptors (Lipinski definition) is 5. The van der Waals surface area contributed by atoms with Gasteiger partial charge in [-0.25, -0.2) is 0 Å². The molecule has 0 spiro atoms. The number of aromatic hydroxyl groups is 1. The minimum atomic E-state index is -0.515. The first-order chi connectivity index (χ1) is 13.5. The summed E-state index contributed by atoms with van der Waals surface area (Å²) in [6, 6.07) is 5.05. The fourth-order valence-electron chi connectivity index (χ4n) is 2.96. The molecule has 1 aromatic carbocycles. The van der Waals surface area contributed by atoms with Crippen LogP contribution in [0.4, 0.5) is 0 Å². The molecule has 1 unspecified atom stereocenters. The van der Waals surface area contributed by atoms with E-state index in [-0.39, 0.29) is 12.4 Å². The Bertz CT molecular complexity index is 773. The van der Waals surface area contributed by atoms with E-state index in [1.54, 1.807) is 18.2 Å². The van der Waals surface area contributed by atoms with Crippen molar-refractivity contribution in [2.75, 3.05) is 13.2 Å². The zero-order valence-electron chi connectivity index (χ0n) is 16.3. The molecule has 2 aromatic rings. The summed E-state index contributed by atoms with van der Waals surface area (Å²) in [5, 5.41) is 10.5. The number of ether oxygens (including phenoxy) is 2. The molecule has 1 aromatic heterocycles. The Morgan fingerprint density at radius 2 is 1.89 bits per heavy atom. The molecule has 6 nitrogen and oxygen atoms in total. The van der Waals surface area contributed by atoms with E-state index in [4.69, 9.17) is 9.47 Å². The van der Waals surface area contributed by atoms with Crippen molar-refractivity contribution < 1.29 is 24.2 Å². The van der Waals surface area contributed by atoms with Gasteiger partial charge in [0.25, 0.3) is 0 Å². The van der Waals surface area contributed by atoms with Crippen LogP contribution in [0.3, 0.4) is 0 Å². The molecule has 1 heterocycles. The topological polar surface area (TPSA) is 88.6 Å². The number of fused-ring (bicyclic) bond motifs is 1. The van der Waals surface area contributed by atoms with Gasteiger partial charge in [-0.3, -0.25) is 0 Å². The van der Waals surface area contributed by atoms with Crippen molar-refractivity contribution in [2.45, 2.75) is 56.6 Å². The molecule has 0 amide bonds. The van der Waals surface area contributed by atoms with Gasteiger partial charge >= 0.3 is 161 Å². The predicted molar refractivity (Wildman–Crippen MR) is 108 cm³/mol. The van der Waals surface area contributed by atoms with Crippen molar-refractivity contribution in [3.63, 3.8) is 0 Å². The fourth-order valence-corrected chi connectivity index (χ4v) is 3.53. The van der Waals surface area contributed by atoms with Crippen LogP contribution in [-0.2, 0) is 25.5 Å². The molecule has 0 saturated heterocycles. The molecule has 0 fully saturated rings. The molecular weight excluding hydrogens is 421 g/mol. The summed E-state index contributed by atoms with van der Waals surface area (Å²) in [4.78, 5) is 27.0. The number of phenolic OH excluding ortho intramolecular Hbond substituents is 1. The van der Waals surface area contributed by atoms with Gasteiger partial charge in [0, 0.05) is 0 Å². The Morgan fingerprint density at radius 3 is 2.68 bits per heavy atom. The molecule has 7 heteroatoms. The summed E-state index contributed by atoms with van der Waals surface area (Å²) >= 11 is 2.27. The van der Waals surface area contributed by atoms with Gasteiger partial charge in [0.05, 0.1) is 0 Å². The Labute approximate surface area is 174 Å². The van der Waals surface area contributed by atoms with Gasteiger partial charge in [0.1, 0.15) is 0 Å². The Balaban J connectivity index is 1.67. The van der Waals surface area contributed by atoms with Crippen LogP contribution in [0.15, 0.2) is 24.4 Å². The van der Waals surface area contributed by atoms with Crippen LogP contribution >= 0.6 is 0 Å². The van der Waals surface area contributed by atoms with E-state index in [9.17, 15) is 14.7 Å². The number of rotatable bonds is 12. The van der Waals surface area contributed by atoms with Crippen LogP contribution in [0.5, 0.6) is 5.75 Å². The average molecular weight is 449 g/mol. The van der Waals surface area contributed by atoms with E-state index in [1.165, 1.54) is 19.3 Å². The molecule has 152 valence electrons. The van der Waals surface area contributed by atoms with Gasteiger partial charge in [-0.15, -0.1) is 0 Å². The second-order valence-electron chi connectivity index (χ2n) is 6.86. The zero-order chi connectivity index (χ0) is 20.4. The Hall–Kier alpha value is -1.94. The first-order valence-electron chi connectivity index (χ1n) is 9.80. The number of benzene rings is 1. The number of nitrogens with one attached hydrogen (secondary N) is 1. The Morgan fingerprint density at radius 1 is 1.14 bits per heavy atom. The third kappa shape index (κ3) is 7.23. The summed E-state index contributed by atoms with van der Waals surface area (Å²) in [6.07, 6.45) is 8.94. The number of carbonyl (C=O) groups is 2. The van der Waals surface area contributed by atoms with Gasteiger partial charge in [0.2, 0.25) is 0 Å². The van der Waals surface area contributed by atoms with E-state index in [0.717, 1.165) is 35.7 Å². The van der Waals surface area contributed by atoms with Crippen LogP contribution in [0, 0.1) is 0 Å². The van der Waals surface area contributed by atoms with E-state index in [1.807, 2.05) is 6.20 Å². The standard InChI is InChI=1S/C21H28AsNO5/c1-2-3-4-5-6-7-10-27-20(25)14-28-21(26)18(22)11-15-13-23-19-9-8-16(24)12-17(15)19/h8-9,12-13,18,23-24H,2-7,10-11,14H2,1H3. The number of H-pyrrole nitrogens is 1. The third-order valence-electron chi connectivity index (χ3n) is 4.53. The van der Waals surface area contributed by atoms with Crippen molar-refractivity contribution in [3.8, 4) is 5.75 Å². The summed E-state index contributed by atoms with van der Waals surface area (Å²) in [5.41, 5.74) is 1.79. The second kappa shape index (κ2) is 11.8. The first-order valence-corrected chi connectivity index (χ1v) is 10.9. The van der Waals surface area contributed by atoms with Crippen molar-refractivity contribution in [2.24, 2.45) is 0 Å². The quantitative estimate of drug-likeness (QED) is 0.292. The number of aromatic amines is 1. The Kier molecular flexibility index (Phi) is 9.42. The van der Waals surface area contributed by atoms with Crippen LogP contribution in [0.25, 0.3) is 10.9 Å². The number of unbranched alkanes of at least 4 members (excludes halogenated alkanes) is 5. The summed E-state index contributed by atoms with van der Waals surface area (Å²) in [5.74, 6) is -0.809. The normalized spacial score (nSPS) is 12.1. The number of phenols is 1. The maximum atomic E-state index is 12.1. The second-order valence-corrected chi connectivity index (χ2v) is 8.17. The zero-order valence-corrected chi connectivity index (χ0v) is 18.2. The van der Waals surface area contributed by atoms with Crippen LogP contribution < -0.4 is 0 Å². The predicted octanol–water partition coefficient (Wildman–Crippen LogP) is 3.82. The van der Waals surface area contributed by atoms with Crippen molar-refractivity contribution >= 4 is 39.7 Å². The van der Waals surface area contributed by atoms with Gasteiger partial charge in [-0.1, -0.05) is 13.3 Å². The first kappa shape index (κ1) is 22.3. The summed E-state index contributed by atoms with van der Waals surface area (Å²) < 4.78 is 9.70. The molecule has 0 bridgehead atoms. The molecule has 0 aliphatic carbocycles. The number of aromatic nitrogens is 1. The number of esters is 2. The summed E-state index contributed by atoms with van der Waals surface area (Å²) in [7, 11) is 0. The van der Waals surface area contributed by atoms with Crippen molar-refractivity contribution in [1.29, 1.82) is 0 Å². The number of carbonyl (C=O) groups excluding carboxylic acids is 2. The molecule has 28 heavy (non-hydrogen) atoms. The molecule has 0 saturated carbocycles. The van der Waals surface area contributed by atoms with Crippen LogP contribution in [-0.4, -0.2) is 52.1 Å². The monoisotopic (exact) mass is 449 g/mol. The molecular formula is C21H28AsNO5. The molecule has 0 aliphatic rings. The number of hydrogen-bond donors (Lipinski definition) is 2. The van der Waals surface area contributed by atoms with Gasteiger partial charge in [-0.05, 0) is 0 Å². The van der Waals surface area contributed by atoms with E-state index >= 15 is 0 Å². The van der Waals surface area contributed by atoms with Gasteiger partial charge in [0.15, 0.2) is 0 Å². The van der Waals surface area contributed by atoms with E-state index in [0.29, 0.717) is 13.0 Å². The fraction of sp³-hybridized carbons (Fsp3) is 0.524. The maximum absolute atomic E-state index is 12.1. The molecule has 2 N–H and O–H groups in total. The van der Waals surface area contributed by atoms with Crippen molar-refractivity contribution in [1.82, 2.24) is 4.98 Å².